The highest BCUT2D eigenvalue weighted by Gasteiger charge is 2.32. The number of para-hydroxylation sites is 1. The molecule has 0 saturated heterocycles. The highest BCUT2D eigenvalue weighted by molar-refractivity contribution is 5.73. The van der Waals surface area contributed by atoms with Crippen molar-refractivity contribution in [3.05, 3.63) is 23.8 Å². The summed E-state index contributed by atoms with van der Waals surface area (Å²) in [6, 6.07) is 3.48. The highest BCUT2D eigenvalue weighted by atomic mass is 19.4. The van der Waals surface area contributed by atoms with Crippen molar-refractivity contribution in [1.29, 1.82) is 0 Å². The summed E-state index contributed by atoms with van der Waals surface area (Å²) < 4.78 is 43.8. The van der Waals surface area contributed by atoms with Crippen LogP contribution in [0.15, 0.2) is 18.2 Å². The van der Waals surface area contributed by atoms with Crippen LogP contribution in [0.5, 0.6) is 11.5 Å². The van der Waals surface area contributed by atoms with Crippen LogP contribution in [0.3, 0.4) is 0 Å². The molecule has 1 rings (SSSR count). The van der Waals surface area contributed by atoms with E-state index in [1.165, 1.54) is 12.1 Å². The Kier molecular flexibility index (Phi) is 3.82. The molecule has 0 saturated carbocycles. The maximum absolute atomic E-state index is 12.0. The number of ether oxygens (including phenoxy) is 2. The number of hydrogen-bond donors (Lipinski definition) is 1. The molecule has 1 aromatic rings. The van der Waals surface area contributed by atoms with Gasteiger partial charge in [0.1, 0.15) is 0 Å². The summed E-state index contributed by atoms with van der Waals surface area (Å²) in [6.45, 7) is 0. The molecule has 94 valence electrons. The van der Waals surface area contributed by atoms with Gasteiger partial charge in [-0.05, 0) is 6.07 Å². The average molecular weight is 250 g/mol. The van der Waals surface area contributed by atoms with Crippen LogP contribution in [0.25, 0.3) is 0 Å². The molecule has 0 spiro atoms. The first-order valence-corrected chi connectivity index (χ1v) is 4.47. The summed E-state index contributed by atoms with van der Waals surface area (Å²) in [5.74, 6) is -2.15. The van der Waals surface area contributed by atoms with Crippen LogP contribution < -0.4 is 4.74 Å². The maximum Gasteiger partial charge on any atom is 0.573 e. The van der Waals surface area contributed by atoms with Crippen LogP contribution >= 0.6 is 0 Å². The highest BCUT2D eigenvalue weighted by Crippen LogP contribution is 2.34. The monoisotopic (exact) mass is 250 g/mol. The molecular formula is C10H9F3O4. The van der Waals surface area contributed by atoms with Crippen molar-refractivity contribution in [2.75, 3.05) is 7.11 Å². The van der Waals surface area contributed by atoms with E-state index >= 15 is 0 Å². The fourth-order valence-corrected chi connectivity index (χ4v) is 1.15. The number of benzene rings is 1. The zero-order valence-electron chi connectivity index (χ0n) is 8.75. The van der Waals surface area contributed by atoms with Gasteiger partial charge in [-0.25, -0.2) is 0 Å². The molecule has 0 radical (unpaired) electrons. The van der Waals surface area contributed by atoms with E-state index in [0.717, 1.165) is 13.2 Å². The van der Waals surface area contributed by atoms with Crippen LogP contribution in [0.1, 0.15) is 5.56 Å². The number of methoxy groups -OCH3 is 1. The third-order valence-corrected chi connectivity index (χ3v) is 1.87. The topological polar surface area (TPSA) is 55.8 Å². The summed E-state index contributed by atoms with van der Waals surface area (Å²) >= 11 is 0. The Morgan fingerprint density at radius 3 is 2.59 bits per heavy atom. The summed E-state index contributed by atoms with van der Waals surface area (Å²) in [5, 5.41) is 9.46. The summed E-state index contributed by atoms with van der Waals surface area (Å²) in [4.78, 5) is 10.9. The van der Waals surface area contributed by atoms with E-state index in [4.69, 9.17) is 0 Å². The van der Waals surface area contributed by atoms with Crippen molar-refractivity contribution < 1.29 is 32.5 Å². The molecule has 17 heavy (non-hydrogen) atoms. The molecule has 0 aliphatic heterocycles. The van der Waals surface area contributed by atoms with E-state index in [-0.39, 0.29) is 12.0 Å². The molecule has 0 unspecified atom stereocenters. The van der Waals surface area contributed by atoms with Gasteiger partial charge in [-0.15, -0.1) is 13.2 Å². The van der Waals surface area contributed by atoms with Gasteiger partial charge in [0.05, 0.1) is 13.5 Å². The van der Waals surface area contributed by atoms with Crippen LogP contribution in [-0.4, -0.2) is 24.5 Å². The van der Waals surface area contributed by atoms with Crippen LogP contribution in [0, 0.1) is 0 Å². The maximum atomic E-state index is 12.0. The Balaban J connectivity index is 2.95. The zero-order valence-corrected chi connectivity index (χ0v) is 8.75. The number of phenolic OH excluding ortho intramolecular Hbond substituents is 1. The molecule has 0 bridgehead atoms. The SMILES string of the molecule is COC(=O)Cc1cccc(OC(F)(F)F)c1O. The molecule has 4 nitrogen and oxygen atoms in total. The molecule has 0 aliphatic rings. The number of esters is 1. The van der Waals surface area contributed by atoms with Gasteiger partial charge in [0.25, 0.3) is 0 Å². The number of phenols is 1. The van der Waals surface area contributed by atoms with Crippen molar-refractivity contribution in [3.8, 4) is 11.5 Å². The normalized spacial score (nSPS) is 11.1. The molecule has 0 amide bonds. The van der Waals surface area contributed by atoms with E-state index in [1.807, 2.05) is 0 Å². The van der Waals surface area contributed by atoms with Gasteiger partial charge < -0.3 is 14.6 Å². The quantitative estimate of drug-likeness (QED) is 0.833. The van der Waals surface area contributed by atoms with E-state index in [2.05, 4.69) is 9.47 Å². The van der Waals surface area contributed by atoms with Crippen LogP contribution in [0.2, 0.25) is 0 Å². The minimum atomic E-state index is -4.90. The number of alkyl halides is 3. The van der Waals surface area contributed by atoms with Crippen molar-refractivity contribution in [2.24, 2.45) is 0 Å². The molecule has 1 aromatic carbocycles. The first-order chi connectivity index (χ1) is 7.83. The second-order valence-electron chi connectivity index (χ2n) is 3.06. The molecule has 7 heteroatoms. The van der Waals surface area contributed by atoms with Crippen LogP contribution in [0.4, 0.5) is 13.2 Å². The minimum absolute atomic E-state index is 0.00130. The van der Waals surface area contributed by atoms with Gasteiger partial charge in [-0.3, -0.25) is 4.79 Å². The molecule has 0 atom stereocenters. The Morgan fingerprint density at radius 2 is 2.06 bits per heavy atom. The lowest BCUT2D eigenvalue weighted by Crippen LogP contribution is -2.17. The fraction of sp³-hybridized carbons (Fsp3) is 0.300. The molecule has 1 N–H and O–H groups in total. The Labute approximate surface area is 94.6 Å². The number of rotatable bonds is 3. The van der Waals surface area contributed by atoms with E-state index in [0.29, 0.717) is 0 Å². The van der Waals surface area contributed by atoms with E-state index in [1.54, 1.807) is 0 Å². The minimum Gasteiger partial charge on any atom is -0.504 e. The van der Waals surface area contributed by atoms with Gasteiger partial charge in [-0.1, -0.05) is 12.1 Å². The van der Waals surface area contributed by atoms with Crippen molar-refractivity contribution >= 4 is 5.97 Å². The number of carbonyl (C=O) groups excluding carboxylic acids is 1. The Morgan fingerprint density at radius 1 is 1.41 bits per heavy atom. The first kappa shape index (κ1) is 13.1. The van der Waals surface area contributed by atoms with Gasteiger partial charge >= 0.3 is 12.3 Å². The lowest BCUT2D eigenvalue weighted by molar-refractivity contribution is -0.275. The fourth-order valence-electron chi connectivity index (χ4n) is 1.15. The van der Waals surface area contributed by atoms with E-state index < -0.39 is 23.8 Å². The Hall–Kier alpha value is -1.92. The second-order valence-corrected chi connectivity index (χ2v) is 3.06. The molecule has 0 aromatic heterocycles. The lowest BCUT2D eigenvalue weighted by atomic mass is 10.1. The van der Waals surface area contributed by atoms with Crippen LogP contribution in [-0.2, 0) is 16.0 Å². The second kappa shape index (κ2) is 4.94. The summed E-state index contributed by atoms with van der Waals surface area (Å²) in [6.07, 6.45) is -5.24. The van der Waals surface area contributed by atoms with Gasteiger partial charge in [0.2, 0.25) is 0 Å². The predicted octanol–water partition coefficient (Wildman–Crippen LogP) is 2.01. The van der Waals surface area contributed by atoms with Gasteiger partial charge in [0.15, 0.2) is 11.5 Å². The van der Waals surface area contributed by atoms with Crippen molar-refractivity contribution in [1.82, 2.24) is 0 Å². The number of hydrogen-bond acceptors (Lipinski definition) is 4. The molecule has 0 aliphatic carbocycles. The number of aromatic hydroxyl groups is 1. The molecule has 0 heterocycles. The summed E-state index contributed by atoms with van der Waals surface area (Å²) in [5.41, 5.74) is -0.00130. The number of halogens is 3. The molecule has 0 fully saturated rings. The summed E-state index contributed by atoms with van der Waals surface area (Å²) in [7, 11) is 1.13. The van der Waals surface area contributed by atoms with Crippen molar-refractivity contribution in [2.45, 2.75) is 12.8 Å². The first-order valence-electron chi connectivity index (χ1n) is 4.47. The lowest BCUT2D eigenvalue weighted by Gasteiger charge is -2.12. The zero-order chi connectivity index (χ0) is 13.1. The van der Waals surface area contributed by atoms with Gasteiger partial charge in [0, 0.05) is 5.56 Å². The third kappa shape index (κ3) is 3.86. The van der Waals surface area contributed by atoms with Crippen molar-refractivity contribution in [3.63, 3.8) is 0 Å². The number of carbonyl (C=O) groups is 1. The van der Waals surface area contributed by atoms with E-state index in [9.17, 15) is 23.1 Å². The average Bonchev–Trinajstić information content (AvgIpc) is 2.22. The standard InChI is InChI=1S/C10H9F3O4/c1-16-8(14)5-6-3-2-4-7(9(6)15)17-10(11,12)13/h2-4,15H,5H2,1H3. The Bertz CT molecular complexity index is 415. The van der Waals surface area contributed by atoms with Gasteiger partial charge in [-0.2, -0.15) is 0 Å². The largest absolute Gasteiger partial charge is 0.573 e. The predicted molar refractivity (Wildman–Crippen MR) is 50.5 cm³/mol. The molecular weight excluding hydrogens is 241 g/mol. The smallest absolute Gasteiger partial charge is 0.504 e. The third-order valence-electron chi connectivity index (χ3n) is 1.87.